The third-order valence-electron chi connectivity index (χ3n) is 2.06. The predicted octanol–water partition coefficient (Wildman–Crippen LogP) is 1.95. The molecule has 0 aliphatic heterocycles. The molecule has 4 nitrogen and oxygen atoms in total. The van der Waals surface area contributed by atoms with Crippen molar-refractivity contribution < 1.29 is 0 Å². The Balaban J connectivity index is 2.86. The Morgan fingerprint density at radius 1 is 1.64 bits per heavy atom. The van der Waals surface area contributed by atoms with E-state index in [1.54, 1.807) is 12.3 Å². The standard InChI is InChI=1S/C10H7N3O/c1-3-7-6-13(2)10-9(7)4-8(12-14)5-11-10/h1,4-6H,2H3. The maximum atomic E-state index is 10.3. The van der Waals surface area contributed by atoms with Crippen LogP contribution in [0.5, 0.6) is 0 Å². The van der Waals surface area contributed by atoms with Crippen molar-refractivity contribution in [2.24, 2.45) is 12.2 Å². The highest BCUT2D eigenvalue weighted by molar-refractivity contribution is 5.85. The molecular weight excluding hydrogens is 178 g/mol. The van der Waals surface area contributed by atoms with Crippen LogP contribution in [0.3, 0.4) is 0 Å². The topological polar surface area (TPSA) is 47.2 Å². The fraction of sp³-hybridized carbons (Fsp3) is 0.100. The van der Waals surface area contributed by atoms with Gasteiger partial charge in [-0.05, 0) is 11.2 Å². The Hall–Kier alpha value is -2.15. The van der Waals surface area contributed by atoms with Crippen molar-refractivity contribution in [3.63, 3.8) is 0 Å². The Morgan fingerprint density at radius 3 is 3.07 bits per heavy atom. The van der Waals surface area contributed by atoms with Gasteiger partial charge in [-0.2, -0.15) is 0 Å². The molecule has 2 aromatic rings. The van der Waals surface area contributed by atoms with Crippen LogP contribution in [0.2, 0.25) is 0 Å². The molecule has 2 rings (SSSR count). The van der Waals surface area contributed by atoms with Crippen molar-refractivity contribution in [1.29, 1.82) is 0 Å². The molecule has 0 saturated heterocycles. The number of terminal acetylenes is 1. The highest BCUT2D eigenvalue weighted by atomic mass is 16.3. The van der Waals surface area contributed by atoms with E-state index < -0.39 is 0 Å². The van der Waals surface area contributed by atoms with Gasteiger partial charge < -0.3 is 4.57 Å². The molecule has 0 saturated carbocycles. The lowest BCUT2D eigenvalue weighted by Gasteiger charge is -1.93. The molecule has 4 heteroatoms. The van der Waals surface area contributed by atoms with E-state index in [1.807, 2.05) is 11.6 Å². The zero-order chi connectivity index (χ0) is 10.1. The highest BCUT2D eigenvalue weighted by Gasteiger charge is 2.06. The summed E-state index contributed by atoms with van der Waals surface area (Å²) in [4.78, 5) is 14.4. The van der Waals surface area contributed by atoms with Crippen LogP contribution in [0.1, 0.15) is 5.56 Å². The molecule has 0 aliphatic rings. The second-order valence-corrected chi connectivity index (χ2v) is 2.95. The zero-order valence-electron chi connectivity index (χ0n) is 7.56. The molecule has 2 heterocycles. The fourth-order valence-corrected chi connectivity index (χ4v) is 1.42. The Bertz CT molecular complexity index is 548. The van der Waals surface area contributed by atoms with Crippen LogP contribution in [-0.2, 0) is 7.05 Å². The first-order chi connectivity index (χ1) is 6.76. The smallest absolute Gasteiger partial charge is 0.141 e. The lowest BCUT2D eigenvalue weighted by molar-refractivity contribution is 0.947. The second kappa shape index (κ2) is 2.96. The predicted molar refractivity (Wildman–Crippen MR) is 54.1 cm³/mol. The number of hydrogen-bond donors (Lipinski definition) is 0. The van der Waals surface area contributed by atoms with Gasteiger partial charge in [0, 0.05) is 18.6 Å². The second-order valence-electron chi connectivity index (χ2n) is 2.95. The van der Waals surface area contributed by atoms with Crippen LogP contribution < -0.4 is 0 Å². The summed E-state index contributed by atoms with van der Waals surface area (Å²) >= 11 is 0. The molecular formula is C10H7N3O. The lowest BCUT2D eigenvalue weighted by atomic mass is 10.2. The molecule has 0 fully saturated rings. The van der Waals surface area contributed by atoms with Crippen LogP contribution in [0.4, 0.5) is 5.69 Å². The minimum atomic E-state index is 0.292. The SMILES string of the molecule is C#Cc1cn(C)c2ncc(N=O)cc12. The summed E-state index contributed by atoms with van der Waals surface area (Å²) in [6.45, 7) is 0. The molecule has 0 spiro atoms. The van der Waals surface area contributed by atoms with Crippen molar-refractivity contribution in [3.05, 3.63) is 28.9 Å². The van der Waals surface area contributed by atoms with E-state index in [0.717, 1.165) is 16.6 Å². The number of aromatic nitrogens is 2. The van der Waals surface area contributed by atoms with Gasteiger partial charge in [-0.3, -0.25) is 0 Å². The van der Waals surface area contributed by atoms with Crippen molar-refractivity contribution in [2.75, 3.05) is 0 Å². The Morgan fingerprint density at radius 2 is 2.43 bits per heavy atom. The first kappa shape index (κ1) is 8.45. The van der Waals surface area contributed by atoms with Crippen LogP contribution in [0, 0.1) is 17.3 Å². The molecule has 2 aromatic heterocycles. The van der Waals surface area contributed by atoms with Gasteiger partial charge in [0.05, 0.1) is 11.8 Å². The summed E-state index contributed by atoms with van der Waals surface area (Å²) in [7, 11) is 1.85. The van der Waals surface area contributed by atoms with Gasteiger partial charge in [-0.1, -0.05) is 5.92 Å². The molecule has 0 aromatic carbocycles. The highest BCUT2D eigenvalue weighted by Crippen LogP contribution is 2.22. The van der Waals surface area contributed by atoms with E-state index in [2.05, 4.69) is 16.1 Å². The third kappa shape index (κ3) is 1.07. The minimum absolute atomic E-state index is 0.292. The number of aryl methyl sites for hydroxylation is 1. The third-order valence-corrected chi connectivity index (χ3v) is 2.06. The molecule has 0 aliphatic carbocycles. The number of nitroso groups, excluding NO2 is 1. The van der Waals surface area contributed by atoms with Crippen molar-refractivity contribution in [3.8, 4) is 12.3 Å². The van der Waals surface area contributed by atoms with Crippen LogP contribution >= 0.6 is 0 Å². The van der Waals surface area contributed by atoms with Gasteiger partial charge in [-0.15, -0.1) is 11.3 Å². The molecule has 0 N–H and O–H groups in total. The van der Waals surface area contributed by atoms with Gasteiger partial charge >= 0.3 is 0 Å². The maximum Gasteiger partial charge on any atom is 0.141 e. The quantitative estimate of drug-likeness (QED) is 0.503. The molecule has 0 amide bonds. The molecule has 68 valence electrons. The zero-order valence-corrected chi connectivity index (χ0v) is 7.56. The molecule has 0 radical (unpaired) electrons. The Kier molecular flexibility index (Phi) is 1.79. The van der Waals surface area contributed by atoms with E-state index in [4.69, 9.17) is 6.42 Å². The van der Waals surface area contributed by atoms with Crippen molar-refractivity contribution in [1.82, 2.24) is 9.55 Å². The Labute approximate surface area is 80.5 Å². The van der Waals surface area contributed by atoms with Gasteiger partial charge in [0.15, 0.2) is 0 Å². The van der Waals surface area contributed by atoms with Crippen LogP contribution in [0.25, 0.3) is 11.0 Å². The first-order valence-electron chi connectivity index (χ1n) is 4.01. The monoisotopic (exact) mass is 185 g/mol. The van der Waals surface area contributed by atoms with Crippen LogP contribution in [0.15, 0.2) is 23.6 Å². The minimum Gasteiger partial charge on any atom is -0.334 e. The van der Waals surface area contributed by atoms with E-state index in [1.165, 1.54) is 6.20 Å². The normalized spacial score (nSPS) is 10.0. The number of fused-ring (bicyclic) bond motifs is 1. The van der Waals surface area contributed by atoms with E-state index in [0.29, 0.717) is 5.69 Å². The summed E-state index contributed by atoms with van der Waals surface area (Å²) in [5, 5.41) is 3.60. The molecule has 0 bridgehead atoms. The van der Waals surface area contributed by atoms with Gasteiger partial charge in [-0.25, -0.2) is 4.98 Å². The fourth-order valence-electron chi connectivity index (χ4n) is 1.42. The number of rotatable bonds is 1. The van der Waals surface area contributed by atoms with Crippen molar-refractivity contribution >= 4 is 16.7 Å². The lowest BCUT2D eigenvalue weighted by Crippen LogP contribution is -1.85. The van der Waals surface area contributed by atoms with Gasteiger partial charge in [0.2, 0.25) is 0 Å². The van der Waals surface area contributed by atoms with E-state index >= 15 is 0 Å². The molecule has 0 atom stereocenters. The maximum absolute atomic E-state index is 10.3. The van der Waals surface area contributed by atoms with Crippen LogP contribution in [-0.4, -0.2) is 9.55 Å². The average Bonchev–Trinajstić information content (AvgIpc) is 2.55. The summed E-state index contributed by atoms with van der Waals surface area (Å²) < 4.78 is 1.82. The first-order valence-corrected chi connectivity index (χ1v) is 4.01. The summed E-state index contributed by atoms with van der Waals surface area (Å²) in [6.07, 6.45) is 8.55. The van der Waals surface area contributed by atoms with E-state index in [-0.39, 0.29) is 0 Å². The van der Waals surface area contributed by atoms with Crippen molar-refractivity contribution in [2.45, 2.75) is 0 Å². The molecule has 14 heavy (non-hydrogen) atoms. The van der Waals surface area contributed by atoms with Gasteiger partial charge in [0.1, 0.15) is 11.3 Å². The summed E-state index contributed by atoms with van der Waals surface area (Å²) in [5.74, 6) is 2.54. The number of hydrogen-bond acceptors (Lipinski definition) is 3. The summed E-state index contributed by atoms with van der Waals surface area (Å²) in [6, 6.07) is 1.64. The largest absolute Gasteiger partial charge is 0.334 e. The molecule has 0 unspecified atom stereocenters. The number of pyridine rings is 1. The van der Waals surface area contributed by atoms with Gasteiger partial charge in [0.25, 0.3) is 0 Å². The average molecular weight is 185 g/mol. The number of nitrogens with zero attached hydrogens (tertiary/aromatic N) is 3. The summed E-state index contributed by atoms with van der Waals surface area (Å²) in [5.41, 5.74) is 1.77. The van der Waals surface area contributed by atoms with E-state index in [9.17, 15) is 4.91 Å².